The van der Waals surface area contributed by atoms with E-state index in [0.717, 1.165) is 6.42 Å². The van der Waals surface area contributed by atoms with Gasteiger partial charge in [-0.3, -0.25) is 9.59 Å². The predicted molar refractivity (Wildman–Crippen MR) is 112 cm³/mol. The number of likely N-dealkylation sites (tertiary alicyclic amines) is 1. The molecule has 0 aromatic heterocycles. The van der Waals surface area contributed by atoms with Crippen molar-refractivity contribution in [2.45, 2.75) is 44.9 Å². The minimum atomic E-state index is -3.52. The molecule has 7 nitrogen and oxygen atoms in total. The zero-order chi connectivity index (χ0) is 21.2. The summed E-state index contributed by atoms with van der Waals surface area (Å²) in [7, 11) is -3.52. The Morgan fingerprint density at radius 1 is 1.00 bits per heavy atom. The van der Waals surface area contributed by atoms with Gasteiger partial charge in [-0.25, -0.2) is 8.42 Å². The molecule has 0 unspecified atom stereocenters. The first-order valence-electron chi connectivity index (χ1n) is 10.3. The maximum atomic E-state index is 13.0. The van der Waals surface area contributed by atoms with Gasteiger partial charge in [0.25, 0.3) is 0 Å². The average molecular weight is 422 g/mol. The van der Waals surface area contributed by atoms with Crippen LogP contribution in [0, 0.1) is 17.8 Å². The number of benzene rings is 1. The van der Waals surface area contributed by atoms with E-state index in [9.17, 15) is 18.0 Å². The van der Waals surface area contributed by atoms with Crippen LogP contribution in [0.5, 0.6) is 0 Å². The second-order valence-corrected chi connectivity index (χ2v) is 10.5. The molecule has 1 aromatic rings. The molecule has 2 aliphatic rings. The molecule has 0 radical (unpaired) electrons. The van der Waals surface area contributed by atoms with Gasteiger partial charge >= 0.3 is 0 Å². The van der Waals surface area contributed by atoms with Crippen molar-refractivity contribution in [3.8, 4) is 0 Å². The van der Waals surface area contributed by atoms with E-state index in [1.807, 2.05) is 0 Å². The van der Waals surface area contributed by atoms with E-state index in [0.29, 0.717) is 56.5 Å². The van der Waals surface area contributed by atoms with Crippen molar-refractivity contribution in [2.24, 2.45) is 17.8 Å². The molecule has 0 spiro atoms. The molecule has 3 rings (SSSR count). The highest BCUT2D eigenvalue weighted by molar-refractivity contribution is 7.89. The average Bonchev–Trinajstić information content (AvgIpc) is 2.67. The van der Waals surface area contributed by atoms with Crippen LogP contribution in [-0.4, -0.2) is 55.6 Å². The molecule has 8 heteroatoms. The smallest absolute Gasteiger partial charge is 0.243 e. The number of carbonyl (C=O) groups excluding carboxylic acids is 2. The second kappa shape index (κ2) is 8.83. The molecule has 2 heterocycles. The van der Waals surface area contributed by atoms with Crippen molar-refractivity contribution in [1.82, 2.24) is 9.21 Å². The van der Waals surface area contributed by atoms with Crippen LogP contribution in [0.15, 0.2) is 29.2 Å². The van der Waals surface area contributed by atoms with Crippen LogP contribution in [-0.2, 0) is 19.6 Å². The van der Waals surface area contributed by atoms with Gasteiger partial charge < -0.3 is 10.2 Å². The maximum Gasteiger partial charge on any atom is 0.243 e. The van der Waals surface area contributed by atoms with Crippen molar-refractivity contribution < 1.29 is 18.0 Å². The van der Waals surface area contributed by atoms with Crippen LogP contribution in [0.3, 0.4) is 0 Å². The summed E-state index contributed by atoms with van der Waals surface area (Å²) in [6.07, 6.45) is 2.33. The molecular weight excluding hydrogens is 390 g/mol. The molecule has 0 saturated carbocycles. The number of anilines is 1. The fraction of sp³-hybridized carbons (Fsp3) is 0.619. The number of carbonyl (C=O) groups is 2. The van der Waals surface area contributed by atoms with Crippen molar-refractivity contribution in [1.29, 1.82) is 0 Å². The Morgan fingerprint density at radius 3 is 2.07 bits per heavy atom. The van der Waals surface area contributed by atoms with E-state index in [2.05, 4.69) is 19.2 Å². The van der Waals surface area contributed by atoms with E-state index >= 15 is 0 Å². The highest BCUT2D eigenvalue weighted by Crippen LogP contribution is 2.27. The van der Waals surface area contributed by atoms with Gasteiger partial charge in [0, 0.05) is 44.7 Å². The van der Waals surface area contributed by atoms with Gasteiger partial charge in [0.2, 0.25) is 21.8 Å². The summed E-state index contributed by atoms with van der Waals surface area (Å²) < 4.78 is 27.5. The summed E-state index contributed by atoms with van der Waals surface area (Å²) in [4.78, 5) is 25.9. The Bertz CT molecular complexity index is 835. The van der Waals surface area contributed by atoms with Gasteiger partial charge in [-0.05, 0) is 55.4 Å². The summed E-state index contributed by atoms with van der Waals surface area (Å²) in [5, 5.41) is 2.88. The first-order chi connectivity index (χ1) is 13.7. The zero-order valence-electron chi connectivity index (χ0n) is 17.4. The predicted octanol–water partition coefficient (Wildman–Crippen LogP) is 2.55. The molecule has 1 N–H and O–H groups in total. The van der Waals surface area contributed by atoms with Crippen molar-refractivity contribution in [3.63, 3.8) is 0 Å². The minimum absolute atomic E-state index is 0.0400. The third kappa shape index (κ3) is 5.17. The van der Waals surface area contributed by atoms with Crippen molar-refractivity contribution in [2.75, 3.05) is 31.5 Å². The summed E-state index contributed by atoms with van der Waals surface area (Å²) in [5.41, 5.74) is 0.586. The number of hydrogen-bond donors (Lipinski definition) is 1. The number of amides is 2. The van der Waals surface area contributed by atoms with Gasteiger partial charge in [0.15, 0.2) is 0 Å². The van der Waals surface area contributed by atoms with Gasteiger partial charge in [-0.1, -0.05) is 13.8 Å². The van der Waals surface area contributed by atoms with E-state index in [-0.39, 0.29) is 22.6 Å². The molecular formula is C21H31N3O4S. The molecule has 0 aliphatic carbocycles. The standard InChI is InChI=1S/C21H31N3O4S/c1-15-12-16(2)14-24(13-15)29(27,28)20-6-4-19(5-7-20)22-21(26)18-8-10-23(11-9-18)17(3)25/h4-7,15-16,18H,8-14H2,1-3H3,(H,22,26)/t15-,16-/m1/s1. The molecule has 0 bridgehead atoms. The normalized spacial score (nSPS) is 24.3. The summed E-state index contributed by atoms with van der Waals surface area (Å²) in [5.74, 6) is 0.522. The zero-order valence-corrected chi connectivity index (χ0v) is 18.2. The highest BCUT2D eigenvalue weighted by atomic mass is 32.2. The first kappa shape index (κ1) is 21.8. The lowest BCUT2D eigenvalue weighted by Crippen LogP contribution is -2.42. The summed E-state index contributed by atoms with van der Waals surface area (Å²) in [6, 6.07) is 6.42. The van der Waals surface area contributed by atoms with Crippen molar-refractivity contribution in [3.05, 3.63) is 24.3 Å². The van der Waals surface area contributed by atoms with Crippen LogP contribution in [0.4, 0.5) is 5.69 Å². The van der Waals surface area contributed by atoms with Crippen LogP contribution in [0.2, 0.25) is 0 Å². The molecule has 1 aromatic carbocycles. The Hall–Kier alpha value is -1.93. The lowest BCUT2D eigenvalue weighted by molar-refractivity contribution is -0.132. The number of hydrogen-bond acceptors (Lipinski definition) is 4. The Balaban J connectivity index is 1.61. The number of rotatable bonds is 4. The number of sulfonamides is 1. The molecule has 160 valence electrons. The van der Waals surface area contributed by atoms with Crippen LogP contribution in [0.25, 0.3) is 0 Å². The molecule has 2 atom stereocenters. The Morgan fingerprint density at radius 2 is 1.55 bits per heavy atom. The van der Waals surface area contributed by atoms with Crippen molar-refractivity contribution >= 4 is 27.5 Å². The monoisotopic (exact) mass is 421 g/mol. The fourth-order valence-electron chi connectivity index (χ4n) is 4.36. The molecule has 2 amide bonds. The second-order valence-electron chi connectivity index (χ2n) is 8.56. The Labute approximate surface area is 173 Å². The number of piperidine rings is 2. The topological polar surface area (TPSA) is 86.8 Å². The largest absolute Gasteiger partial charge is 0.343 e. The third-order valence-corrected chi connectivity index (χ3v) is 7.75. The number of nitrogens with one attached hydrogen (secondary N) is 1. The molecule has 2 aliphatic heterocycles. The third-order valence-electron chi connectivity index (χ3n) is 5.91. The summed E-state index contributed by atoms with van der Waals surface area (Å²) >= 11 is 0. The van der Waals surface area contributed by atoms with E-state index in [4.69, 9.17) is 0 Å². The van der Waals surface area contributed by atoms with Gasteiger partial charge in [0.05, 0.1) is 4.90 Å². The highest BCUT2D eigenvalue weighted by Gasteiger charge is 2.31. The van der Waals surface area contributed by atoms with E-state index < -0.39 is 10.0 Å². The summed E-state index contributed by atoms with van der Waals surface area (Å²) in [6.45, 7) is 7.99. The maximum absolute atomic E-state index is 13.0. The van der Waals surface area contributed by atoms with Gasteiger partial charge in [-0.15, -0.1) is 0 Å². The van der Waals surface area contributed by atoms with E-state index in [1.165, 1.54) is 0 Å². The van der Waals surface area contributed by atoms with Gasteiger partial charge in [-0.2, -0.15) is 4.31 Å². The van der Waals surface area contributed by atoms with Gasteiger partial charge in [0.1, 0.15) is 0 Å². The van der Waals surface area contributed by atoms with E-state index in [1.54, 1.807) is 40.4 Å². The lowest BCUT2D eigenvalue weighted by atomic mass is 9.94. The minimum Gasteiger partial charge on any atom is -0.343 e. The fourth-order valence-corrected chi connectivity index (χ4v) is 6.04. The Kier molecular flexibility index (Phi) is 6.63. The molecule has 2 fully saturated rings. The molecule has 29 heavy (non-hydrogen) atoms. The first-order valence-corrected chi connectivity index (χ1v) is 11.8. The molecule has 2 saturated heterocycles. The van der Waals surface area contributed by atoms with Crippen LogP contribution >= 0.6 is 0 Å². The number of nitrogens with zero attached hydrogens (tertiary/aromatic N) is 2. The quantitative estimate of drug-likeness (QED) is 0.809. The lowest BCUT2D eigenvalue weighted by Gasteiger charge is -2.34. The van der Waals surface area contributed by atoms with Crippen LogP contribution in [0.1, 0.15) is 40.0 Å². The SMILES string of the molecule is CC(=O)N1CCC(C(=O)Nc2ccc(S(=O)(=O)N3C[C@H](C)C[C@@H](C)C3)cc2)CC1. The van der Waals surface area contributed by atoms with Crippen LogP contribution < -0.4 is 5.32 Å².